The standard InChI is InChI=1S/C23H23N2O7P/c1-3-30-33(29,31-4-2)20-12-8-11-19(16-20)32-22-14-6-5-13-21(22)24-23(26)17-9-7-10-18(15-17)25(27)28/h5-16H,3-4H2,1-2H3,(H,24,26). The van der Waals surface area contributed by atoms with Gasteiger partial charge in [0.2, 0.25) is 0 Å². The van der Waals surface area contributed by atoms with Crippen LogP contribution in [0, 0.1) is 10.1 Å². The Balaban J connectivity index is 1.84. The van der Waals surface area contributed by atoms with Gasteiger partial charge in [0, 0.05) is 17.7 Å². The summed E-state index contributed by atoms with van der Waals surface area (Å²) in [6, 6.07) is 18.7. The second-order valence-electron chi connectivity index (χ2n) is 6.69. The zero-order valence-corrected chi connectivity index (χ0v) is 19.0. The monoisotopic (exact) mass is 470 g/mol. The summed E-state index contributed by atoms with van der Waals surface area (Å²) in [7, 11) is -3.50. The number of carbonyl (C=O) groups is 1. The fourth-order valence-electron chi connectivity index (χ4n) is 2.98. The van der Waals surface area contributed by atoms with Gasteiger partial charge in [-0.25, -0.2) is 0 Å². The Morgan fingerprint density at radius 2 is 1.67 bits per heavy atom. The van der Waals surface area contributed by atoms with Gasteiger partial charge < -0.3 is 19.1 Å². The van der Waals surface area contributed by atoms with Crippen molar-refractivity contribution in [3.05, 3.63) is 88.5 Å². The summed E-state index contributed by atoms with van der Waals surface area (Å²) < 4.78 is 29.8. The highest BCUT2D eigenvalue weighted by molar-refractivity contribution is 7.62. The van der Waals surface area contributed by atoms with Crippen molar-refractivity contribution >= 4 is 30.2 Å². The molecule has 3 aromatic carbocycles. The van der Waals surface area contributed by atoms with Gasteiger partial charge >= 0.3 is 7.60 Å². The zero-order valence-electron chi connectivity index (χ0n) is 18.1. The lowest BCUT2D eigenvalue weighted by molar-refractivity contribution is -0.384. The van der Waals surface area contributed by atoms with Crippen LogP contribution in [0.4, 0.5) is 11.4 Å². The van der Waals surface area contributed by atoms with E-state index < -0.39 is 18.4 Å². The molecule has 0 fully saturated rings. The molecule has 0 saturated heterocycles. The van der Waals surface area contributed by atoms with Crippen LogP contribution in [0.15, 0.2) is 72.8 Å². The molecule has 10 heteroatoms. The van der Waals surface area contributed by atoms with E-state index in [9.17, 15) is 19.5 Å². The largest absolute Gasteiger partial charge is 0.455 e. The first-order valence-corrected chi connectivity index (χ1v) is 11.7. The smallest absolute Gasteiger partial charge is 0.361 e. The van der Waals surface area contributed by atoms with Crippen LogP contribution in [0.5, 0.6) is 11.5 Å². The molecule has 0 aliphatic heterocycles. The first-order valence-electron chi connectivity index (χ1n) is 10.2. The normalized spacial score (nSPS) is 11.1. The number of amides is 1. The van der Waals surface area contributed by atoms with Crippen LogP contribution < -0.4 is 15.4 Å². The van der Waals surface area contributed by atoms with E-state index in [1.807, 2.05) is 0 Å². The molecule has 0 unspecified atom stereocenters. The molecule has 3 aromatic rings. The van der Waals surface area contributed by atoms with E-state index in [0.29, 0.717) is 22.5 Å². The Bertz CT molecular complexity index is 1190. The minimum atomic E-state index is -3.50. The SMILES string of the molecule is CCOP(=O)(OCC)c1cccc(Oc2ccccc2NC(=O)c2cccc([N+](=O)[O-])c2)c1. The molecule has 0 aromatic heterocycles. The summed E-state index contributed by atoms with van der Waals surface area (Å²) in [5.41, 5.74) is 0.310. The van der Waals surface area contributed by atoms with Crippen LogP contribution in [0.2, 0.25) is 0 Å². The van der Waals surface area contributed by atoms with Crippen LogP contribution >= 0.6 is 7.60 Å². The Morgan fingerprint density at radius 3 is 2.36 bits per heavy atom. The van der Waals surface area contributed by atoms with Crippen molar-refractivity contribution in [2.75, 3.05) is 18.5 Å². The molecule has 0 bridgehead atoms. The Morgan fingerprint density at radius 1 is 0.970 bits per heavy atom. The number of anilines is 1. The maximum atomic E-state index is 13.1. The van der Waals surface area contributed by atoms with E-state index in [-0.39, 0.29) is 24.5 Å². The maximum absolute atomic E-state index is 13.1. The number of nitro benzene ring substituents is 1. The highest BCUT2D eigenvalue weighted by atomic mass is 31.2. The van der Waals surface area contributed by atoms with Crippen molar-refractivity contribution in [1.82, 2.24) is 0 Å². The van der Waals surface area contributed by atoms with Gasteiger partial charge in [0.15, 0.2) is 5.75 Å². The number of carbonyl (C=O) groups excluding carboxylic acids is 1. The maximum Gasteiger partial charge on any atom is 0.361 e. The second-order valence-corrected chi connectivity index (χ2v) is 8.72. The van der Waals surface area contributed by atoms with E-state index in [0.717, 1.165) is 0 Å². The lowest BCUT2D eigenvalue weighted by Gasteiger charge is -2.18. The second kappa shape index (κ2) is 10.9. The van der Waals surface area contributed by atoms with Gasteiger partial charge in [0.1, 0.15) is 5.75 Å². The van der Waals surface area contributed by atoms with Crippen LogP contribution in [0.25, 0.3) is 0 Å². The van der Waals surface area contributed by atoms with E-state index in [1.54, 1.807) is 62.4 Å². The fraction of sp³-hybridized carbons (Fsp3) is 0.174. The molecular formula is C23H23N2O7P. The van der Waals surface area contributed by atoms with Gasteiger partial charge in [0.25, 0.3) is 11.6 Å². The van der Waals surface area contributed by atoms with Crippen molar-refractivity contribution in [3.8, 4) is 11.5 Å². The first-order chi connectivity index (χ1) is 15.9. The Hall–Kier alpha value is -3.52. The number of nitrogens with zero attached hydrogens (tertiary/aromatic N) is 1. The average Bonchev–Trinajstić information content (AvgIpc) is 2.81. The zero-order chi connectivity index (χ0) is 23.8. The number of rotatable bonds is 10. The third-order valence-electron chi connectivity index (χ3n) is 4.41. The van der Waals surface area contributed by atoms with Gasteiger partial charge in [-0.05, 0) is 50.2 Å². The minimum Gasteiger partial charge on any atom is -0.455 e. The average molecular weight is 470 g/mol. The number of non-ortho nitro benzene ring substituents is 1. The van der Waals surface area contributed by atoms with Gasteiger partial charge in [-0.15, -0.1) is 0 Å². The predicted octanol–water partition coefficient (Wildman–Crippen LogP) is 5.53. The minimum absolute atomic E-state index is 0.135. The summed E-state index contributed by atoms with van der Waals surface area (Å²) in [6.07, 6.45) is 0. The molecule has 0 aliphatic rings. The van der Waals surface area contributed by atoms with Gasteiger partial charge in [-0.2, -0.15) is 0 Å². The molecule has 0 saturated carbocycles. The molecule has 1 N–H and O–H groups in total. The molecule has 9 nitrogen and oxygen atoms in total. The number of nitrogens with one attached hydrogen (secondary N) is 1. The summed E-state index contributed by atoms with van der Waals surface area (Å²) in [6.45, 7) is 3.89. The summed E-state index contributed by atoms with van der Waals surface area (Å²) >= 11 is 0. The molecule has 0 spiro atoms. The number of benzene rings is 3. The number of ether oxygens (including phenoxy) is 1. The lowest BCUT2D eigenvalue weighted by Crippen LogP contribution is -2.13. The van der Waals surface area contributed by atoms with Crippen LogP contribution in [-0.2, 0) is 13.6 Å². The molecule has 0 atom stereocenters. The molecule has 0 heterocycles. The molecule has 33 heavy (non-hydrogen) atoms. The number of hydrogen-bond acceptors (Lipinski definition) is 7. The van der Waals surface area contributed by atoms with Gasteiger partial charge in [-0.1, -0.05) is 24.3 Å². The van der Waals surface area contributed by atoms with Crippen LogP contribution in [0.3, 0.4) is 0 Å². The molecule has 3 rings (SSSR count). The van der Waals surface area contributed by atoms with Crippen molar-refractivity contribution in [2.24, 2.45) is 0 Å². The third-order valence-corrected chi connectivity index (χ3v) is 6.52. The van der Waals surface area contributed by atoms with E-state index in [1.165, 1.54) is 24.3 Å². The highest BCUT2D eigenvalue weighted by Gasteiger charge is 2.27. The van der Waals surface area contributed by atoms with Crippen molar-refractivity contribution in [3.63, 3.8) is 0 Å². The third kappa shape index (κ3) is 6.04. The fourth-order valence-corrected chi connectivity index (χ4v) is 4.59. The van der Waals surface area contributed by atoms with Gasteiger partial charge in [-0.3, -0.25) is 19.5 Å². The van der Waals surface area contributed by atoms with Crippen LogP contribution in [0.1, 0.15) is 24.2 Å². The van der Waals surface area contributed by atoms with Crippen molar-refractivity contribution < 1.29 is 28.1 Å². The Labute approximate surface area is 191 Å². The summed E-state index contributed by atoms with van der Waals surface area (Å²) in [5, 5.41) is 14.0. The topological polar surface area (TPSA) is 117 Å². The molecule has 0 aliphatic carbocycles. The van der Waals surface area contributed by atoms with E-state index in [2.05, 4.69) is 5.32 Å². The molecule has 1 amide bonds. The van der Waals surface area contributed by atoms with Crippen LogP contribution in [-0.4, -0.2) is 24.0 Å². The van der Waals surface area contributed by atoms with E-state index >= 15 is 0 Å². The first kappa shape index (κ1) is 24.1. The predicted molar refractivity (Wildman–Crippen MR) is 125 cm³/mol. The van der Waals surface area contributed by atoms with Gasteiger partial charge in [0.05, 0.1) is 29.1 Å². The highest BCUT2D eigenvalue weighted by Crippen LogP contribution is 2.47. The number of nitro groups is 1. The summed E-state index contributed by atoms with van der Waals surface area (Å²) in [4.78, 5) is 23.1. The Kier molecular flexibility index (Phi) is 7.95. The summed E-state index contributed by atoms with van der Waals surface area (Å²) in [5.74, 6) is 0.168. The van der Waals surface area contributed by atoms with Crippen molar-refractivity contribution in [2.45, 2.75) is 13.8 Å². The molecule has 172 valence electrons. The molecule has 0 radical (unpaired) electrons. The number of para-hydroxylation sites is 2. The lowest BCUT2D eigenvalue weighted by atomic mass is 10.2. The number of hydrogen-bond donors (Lipinski definition) is 1. The quantitative estimate of drug-likeness (QED) is 0.235. The van der Waals surface area contributed by atoms with E-state index in [4.69, 9.17) is 13.8 Å². The molecular weight excluding hydrogens is 447 g/mol. The van der Waals surface area contributed by atoms with Crippen molar-refractivity contribution in [1.29, 1.82) is 0 Å².